The molecule has 3 nitrogen and oxygen atoms in total. The first-order valence-corrected chi connectivity index (χ1v) is 7.99. The Morgan fingerprint density at radius 3 is 2.68 bits per heavy atom. The summed E-state index contributed by atoms with van der Waals surface area (Å²) in [4.78, 5) is 15.8. The molecular formula is C16H10Cl2N2OS. The lowest BCUT2D eigenvalue weighted by Crippen LogP contribution is -2.10. The number of aromatic nitrogens is 1. The predicted octanol–water partition coefficient (Wildman–Crippen LogP) is 4.88. The molecular weight excluding hydrogens is 339 g/mol. The summed E-state index contributed by atoms with van der Waals surface area (Å²) in [6.07, 6.45) is 0. The first kappa shape index (κ1) is 15.0. The van der Waals surface area contributed by atoms with E-state index in [0.717, 1.165) is 21.8 Å². The van der Waals surface area contributed by atoms with Crippen LogP contribution >= 0.6 is 34.5 Å². The zero-order valence-corrected chi connectivity index (χ0v) is 13.5. The van der Waals surface area contributed by atoms with Crippen molar-refractivity contribution in [2.75, 3.05) is 0 Å². The molecule has 0 radical (unpaired) electrons. The van der Waals surface area contributed by atoms with Crippen LogP contribution in [0.25, 0.3) is 21.8 Å². The van der Waals surface area contributed by atoms with Gasteiger partial charge in [0.05, 0.1) is 10.7 Å². The van der Waals surface area contributed by atoms with Crippen molar-refractivity contribution in [3.63, 3.8) is 0 Å². The van der Waals surface area contributed by atoms with Crippen LogP contribution in [0, 0.1) is 0 Å². The van der Waals surface area contributed by atoms with E-state index in [2.05, 4.69) is 4.98 Å². The van der Waals surface area contributed by atoms with Crippen molar-refractivity contribution in [1.82, 2.24) is 4.98 Å². The van der Waals surface area contributed by atoms with Crippen LogP contribution in [0.2, 0.25) is 10.0 Å². The highest BCUT2D eigenvalue weighted by molar-refractivity contribution is 7.13. The minimum Gasteiger partial charge on any atom is -0.366 e. The van der Waals surface area contributed by atoms with Gasteiger partial charge in [0.1, 0.15) is 5.01 Å². The molecule has 2 N–H and O–H groups in total. The summed E-state index contributed by atoms with van der Waals surface area (Å²) >= 11 is 13.6. The van der Waals surface area contributed by atoms with E-state index >= 15 is 0 Å². The van der Waals surface area contributed by atoms with Crippen LogP contribution in [-0.4, -0.2) is 10.9 Å². The van der Waals surface area contributed by atoms with Gasteiger partial charge in [-0.1, -0.05) is 35.3 Å². The molecule has 0 atom stereocenters. The molecule has 110 valence electrons. The first-order valence-electron chi connectivity index (χ1n) is 6.36. The van der Waals surface area contributed by atoms with E-state index in [1.54, 1.807) is 30.3 Å². The molecule has 0 saturated carbocycles. The highest BCUT2D eigenvalue weighted by atomic mass is 35.5. The van der Waals surface area contributed by atoms with Crippen molar-refractivity contribution in [1.29, 1.82) is 0 Å². The van der Waals surface area contributed by atoms with Crippen LogP contribution < -0.4 is 5.73 Å². The molecule has 0 fully saturated rings. The Morgan fingerprint density at radius 2 is 1.95 bits per heavy atom. The highest BCUT2D eigenvalue weighted by Gasteiger charge is 2.11. The van der Waals surface area contributed by atoms with E-state index in [9.17, 15) is 4.79 Å². The second-order valence-electron chi connectivity index (χ2n) is 4.61. The van der Waals surface area contributed by atoms with Gasteiger partial charge in [0.2, 0.25) is 5.91 Å². The normalized spacial score (nSPS) is 10.6. The smallest absolute Gasteiger partial charge is 0.248 e. The fourth-order valence-corrected chi connectivity index (χ4v) is 3.36. The van der Waals surface area contributed by atoms with Gasteiger partial charge in [0.25, 0.3) is 0 Å². The molecule has 3 rings (SSSR count). The third-order valence-electron chi connectivity index (χ3n) is 3.11. The van der Waals surface area contributed by atoms with Crippen LogP contribution in [0.1, 0.15) is 10.4 Å². The SMILES string of the molecule is NC(=O)c1cccc(-c2nc(-c3ccc(Cl)cc3Cl)cs2)c1. The average Bonchev–Trinajstić information content (AvgIpc) is 2.97. The van der Waals surface area contributed by atoms with Crippen LogP contribution in [-0.2, 0) is 0 Å². The Morgan fingerprint density at radius 1 is 1.14 bits per heavy atom. The molecule has 0 unspecified atom stereocenters. The van der Waals surface area contributed by atoms with Gasteiger partial charge in [-0.2, -0.15) is 0 Å². The molecule has 0 aliphatic heterocycles. The lowest BCUT2D eigenvalue weighted by molar-refractivity contribution is 0.100. The van der Waals surface area contributed by atoms with Gasteiger partial charge in [-0.3, -0.25) is 4.79 Å². The maximum Gasteiger partial charge on any atom is 0.248 e. The molecule has 0 spiro atoms. The second-order valence-corrected chi connectivity index (χ2v) is 6.31. The number of benzene rings is 2. The van der Waals surface area contributed by atoms with E-state index in [4.69, 9.17) is 28.9 Å². The van der Waals surface area contributed by atoms with Gasteiger partial charge in [0.15, 0.2) is 0 Å². The Labute approximate surface area is 141 Å². The Hall–Kier alpha value is -1.88. The number of carbonyl (C=O) groups is 1. The van der Waals surface area contributed by atoms with Crippen molar-refractivity contribution in [3.05, 3.63) is 63.5 Å². The van der Waals surface area contributed by atoms with E-state index in [-0.39, 0.29) is 0 Å². The first-order chi connectivity index (χ1) is 10.5. The summed E-state index contributed by atoms with van der Waals surface area (Å²) in [5.74, 6) is -0.459. The molecule has 1 aromatic heterocycles. The fourth-order valence-electron chi connectivity index (χ4n) is 2.03. The number of nitrogens with two attached hydrogens (primary N) is 1. The Kier molecular flexibility index (Phi) is 4.16. The molecule has 3 aromatic rings. The van der Waals surface area contributed by atoms with Gasteiger partial charge in [-0.15, -0.1) is 11.3 Å². The van der Waals surface area contributed by atoms with E-state index in [1.165, 1.54) is 11.3 Å². The van der Waals surface area contributed by atoms with Crippen LogP contribution in [0.4, 0.5) is 0 Å². The molecule has 1 heterocycles. The van der Waals surface area contributed by atoms with E-state index in [1.807, 2.05) is 17.5 Å². The predicted molar refractivity (Wildman–Crippen MR) is 91.5 cm³/mol. The summed E-state index contributed by atoms with van der Waals surface area (Å²) in [7, 11) is 0. The quantitative estimate of drug-likeness (QED) is 0.732. The molecule has 0 aliphatic rings. The van der Waals surface area contributed by atoms with Gasteiger partial charge in [-0.05, 0) is 30.3 Å². The number of hydrogen-bond acceptors (Lipinski definition) is 3. The minimum atomic E-state index is -0.459. The van der Waals surface area contributed by atoms with Gasteiger partial charge in [-0.25, -0.2) is 4.98 Å². The van der Waals surface area contributed by atoms with Crippen molar-refractivity contribution in [2.45, 2.75) is 0 Å². The zero-order valence-electron chi connectivity index (χ0n) is 11.2. The Balaban J connectivity index is 2.00. The topological polar surface area (TPSA) is 56.0 Å². The van der Waals surface area contributed by atoms with Crippen molar-refractivity contribution < 1.29 is 4.79 Å². The Bertz CT molecular complexity index is 861. The number of rotatable bonds is 3. The number of amides is 1. The number of nitrogens with zero attached hydrogens (tertiary/aromatic N) is 1. The van der Waals surface area contributed by atoms with Gasteiger partial charge < -0.3 is 5.73 Å². The molecule has 2 aromatic carbocycles. The largest absolute Gasteiger partial charge is 0.366 e. The summed E-state index contributed by atoms with van der Waals surface area (Å²) in [5.41, 5.74) is 8.20. The van der Waals surface area contributed by atoms with Crippen molar-refractivity contribution in [2.24, 2.45) is 5.73 Å². The molecule has 6 heteroatoms. The average molecular weight is 349 g/mol. The highest BCUT2D eigenvalue weighted by Crippen LogP contribution is 2.34. The van der Waals surface area contributed by atoms with E-state index < -0.39 is 5.91 Å². The maximum absolute atomic E-state index is 11.3. The number of halogens is 2. The number of thiazole rings is 1. The molecule has 0 bridgehead atoms. The number of carbonyl (C=O) groups excluding carboxylic acids is 1. The third-order valence-corrected chi connectivity index (χ3v) is 4.54. The third kappa shape index (κ3) is 2.99. The maximum atomic E-state index is 11.3. The van der Waals surface area contributed by atoms with Crippen molar-refractivity contribution in [3.8, 4) is 21.8 Å². The van der Waals surface area contributed by atoms with Crippen molar-refractivity contribution >= 4 is 40.4 Å². The molecule has 0 saturated heterocycles. The fraction of sp³-hybridized carbons (Fsp3) is 0. The standard InChI is InChI=1S/C16H10Cl2N2OS/c17-11-4-5-12(13(18)7-11)14-8-22-16(20-14)10-3-1-2-9(6-10)15(19)21/h1-8H,(H2,19,21). The van der Waals surface area contributed by atoms with Crippen LogP contribution in [0.3, 0.4) is 0 Å². The number of hydrogen-bond donors (Lipinski definition) is 1. The molecule has 22 heavy (non-hydrogen) atoms. The van der Waals surface area contributed by atoms with Crippen LogP contribution in [0.15, 0.2) is 47.8 Å². The minimum absolute atomic E-state index is 0.457. The lowest BCUT2D eigenvalue weighted by Gasteiger charge is -2.01. The molecule has 0 aliphatic carbocycles. The number of primary amides is 1. The zero-order chi connectivity index (χ0) is 15.7. The van der Waals surface area contributed by atoms with Gasteiger partial charge in [0, 0.05) is 27.1 Å². The lowest BCUT2D eigenvalue weighted by atomic mass is 10.1. The summed E-state index contributed by atoms with van der Waals surface area (Å²) in [6.45, 7) is 0. The van der Waals surface area contributed by atoms with E-state index in [0.29, 0.717) is 15.6 Å². The monoisotopic (exact) mass is 348 g/mol. The van der Waals surface area contributed by atoms with Crippen LogP contribution in [0.5, 0.6) is 0 Å². The summed E-state index contributed by atoms with van der Waals surface area (Å²) in [5, 5.41) is 3.85. The summed E-state index contributed by atoms with van der Waals surface area (Å²) < 4.78 is 0. The summed E-state index contributed by atoms with van der Waals surface area (Å²) in [6, 6.07) is 12.4. The molecule has 1 amide bonds. The van der Waals surface area contributed by atoms with Gasteiger partial charge >= 0.3 is 0 Å². The second kappa shape index (κ2) is 6.08.